The zero-order valence-electron chi connectivity index (χ0n) is 20.4. The van der Waals surface area contributed by atoms with Crippen LogP contribution in [0, 0.1) is 0 Å². The summed E-state index contributed by atoms with van der Waals surface area (Å²) >= 11 is 6.33. The van der Waals surface area contributed by atoms with E-state index in [0.717, 1.165) is 11.1 Å². The Labute approximate surface area is 219 Å². The van der Waals surface area contributed by atoms with Crippen molar-refractivity contribution < 1.29 is 24.5 Å². The van der Waals surface area contributed by atoms with Gasteiger partial charge in [-0.05, 0) is 36.2 Å². The van der Waals surface area contributed by atoms with Gasteiger partial charge in [0.25, 0.3) is 5.91 Å². The molecule has 2 aromatic carbocycles. The fourth-order valence-electron chi connectivity index (χ4n) is 4.06. The maximum atomic E-state index is 13.1. The number of ether oxygens (including phenoxy) is 1. The molecule has 1 atom stereocenters. The average Bonchev–Trinajstić information content (AvgIpc) is 3.22. The first kappa shape index (κ1) is 26.3. The van der Waals surface area contributed by atoms with E-state index in [1.807, 2.05) is 37.3 Å². The van der Waals surface area contributed by atoms with Crippen LogP contribution in [0.15, 0.2) is 48.7 Å². The number of aromatic nitrogens is 2. The van der Waals surface area contributed by atoms with Crippen molar-refractivity contribution in [2.75, 3.05) is 32.2 Å². The number of carbonyl (C=O) groups is 2. The van der Waals surface area contributed by atoms with Gasteiger partial charge in [-0.1, -0.05) is 35.9 Å². The van der Waals surface area contributed by atoms with E-state index in [2.05, 4.69) is 20.6 Å². The first-order valence-corrected chi connectivity index (χ1v) is 12.1. The van der Waals surface area contributed by atoms with Crippen molar-refractivity contribution in [1.82, 2.24) is 20.2 Å². The molecule has 0 fully saturated rings. The molecule has 0 bridgehead atoms. The van der Waals surface area contributed by atoms with Crippen LogP contribution in [0.1, 0.15) is 34.5 Å². The zero-order valence-corrected chi connectivity index (χ0v) is 21.2. The van der Waals surface area contributed by atoms with Gasteiger partial charge in [0.15, 0.2) is 0 Å². The van der Waals surface area contributed by atoms with E-state index >= 15 is 0 Å². The van der Waals surface area contributed by atoms with Crippen molar-refractivity contribution >= 4 is 29.4 Å². The highest BCUT2D eigenvalue weighted by Crippen LogP contribution is 2.31. The van der Waals surface area contributed by atoms with E-state index in [4.69, 9.17) is 16.3 Å². The van der Waals surface area contributed by atoms with Gasteiger partial charge >= 0.3 is 0 Å². The molecule has 3 aromatic rings. The lowest BCUT2D eigenvalue weighted by Gasteiger charge is -2.19. The first-order valence-electron chi connectivity index (χ1n) is 11.7. The number of halogens is 1. The Morgan fingerprint density at radius 1 is 1.22 bits per heavy atom. The number of aliphatic hydroxyl groups is 2. The Morgan fingerprint density at radius 2 is 2.00 bits per heavy atom. The Balaban J connectivity index is 1.46. The Hall–Kier alpha value is -3.73. The van der Waals surface area contributed by atoms with Crippen LogP contribution in [-0.4, -0.2) is 69.8 Å². The quantitative estimate of drug-likeness (QED) is 0.317. The third-order valence-electron chi connectivity index (χ3n) is 6.09. The zero-order chi connectivity index (χ0) is 26.5. The molecule has 0 aliphatic carbocycles. The van der Waals surface area contributed by atoms with Gasteiger partial charge in [0.05, 0.1) is 49.3 Å². The minimum atomic E-state index is -0.623. The third-order valence-corrected chi connectivity index (χ3v) is 6.36. The minimum absolute atomic E-state index is 0.0802. The second-order valence-electron chi connectivity index (χ2n) is 8.70. The summed E-state index contributed by atoms with van der Waals surface area (Å²) in [5.41, 5.74) is 3.16. The summed E-state index contributed by atoms with van der Waals surface area (Å²) in [6.07, 6.45) is 1.41. The van der Waals surface area contributed by atoms with E-state index in [1.54, 1.807) is 19.2 Å². The van der Waals surface area contributed by atoms with Gasteiger partial charge in [0.2, 0.25) is 11.9 Å². The van der Waals surface area contributed by atoms with Crippen LogP contribution in [0.2, 0.25) is 5.02 Å². The number of rotatable bonds is 10. The highest BCUT2D eigenvalue weighted by molar-refractivity contribution is 6.33. The molecule has 11 heteroatoms. The van der Waals surface area contributed by atoms with Crippen LogP contribution >= 0.6 is 11.6 Å². The van der Waals surface area contributed by atoms with Gasteiger partial charge in [-0.2, -0.15) is 0 Å². The second kappa shape index (κ2) is 11.5. The standard InChI is InChI=1S/C26H28ClN5O5/c1-15(16-4-3-5-20(8-16)37-2)29-23(35)12-32-11-18-7-6-17(9-21(18)25(32)36)24-22(27)10-28-26(31-24)30-19(13-33)14-34/h3-10,15,19,33-34H,11-14H2,1-2H3,(H,29,35)(H,28,30,31). The van der Waals surface area contributed by atoms with Crippen molar-refractivity contribution in [3.63, 3.8) is 0 Å². The number of methoxy groups -OCH3 is 1. The van der Waals surface area contributed by atoms with Gasteiger partial charge in [-0.25, -0.2) is 9.97 Å². The van der Waals surface area contributed by atoms with E-state index in [0.29, 0.717) is 29.1 Å². The summed E-state index contributed by atoms with van der Waals surface area (Å²) in [6.45, 7) is 1.51. The smallest absolute Gasteiger partial charge is 0.254 e. The summed E-state index contributed by atoms with van der Waals surface area (Å²) in [4.78, 5) is 35.8. The van der Waals surface area contributed by atoms with E-state index in [9.17, 15) is 19.8 Å². The summed E-state index contributed by atoms with van der Waals surface area (Å²) in [5.74, 6) is 0.356. The van der Waals surface area contributed by atoms with Crippen LogP contribution < -0.4 is 15.4 Å². The van der Waals surface area contributed by atoms with Crippen molar-refractivity contribution in [1.29, 1.82) is 0 Å². The molecule has 4 rings (SSSR count). The lowest BCUT2D eigenvalue weighted by atomic mass is 10.0. The van der Waals surface area contributed by atoms with Crippen LogP contribution in [0.3, 0.4) is 0 Å². The summed E-state index contributed by atoms with van der Waals surface area (Å²) in [6, 6.07) is 11.9. The fourth-order valence-corrected chi connectivity index (χ4v) is 4.26. The number of amides is 2. The maximum Gasteiger partial charge on any atom is 0.254 e. The molecule has 4 N–H and O–H groups in total. The Bertz CT molecular complexity index is 1300. The number of anilines is 1. The number of fused-ring (bicyclic) bond motifs is 1. The minimum Gasteiger partial charge on any atom is -0.497 e. The number of hydrogen-bond donors (Lipinski definition) is 4. The molecule has 10 nitrogen and oxygen atoms in total. The van der Waals surface area contributed by atoms with Crippen molar-refractivity contribution in [3.05, 3.63) is 70.4 Å². The van der Waals surface area contributed by atoms with Crippen LogP contribution in [0.5, 0.6) is 5.75 Å². The summed E-state index contributed by atoms with van der Waals surface area (Å²) in [5, 5.41) is 24.6. The van der Waals surface area contributed by atoms with E-state index in [1.165, 1.54) is 11.1 Å². The third kappa shape index (κ3) is 5.99. The molecular formula is C26H28ClN5O5. The molecule has 1 aromatic heterocycles. The second-order valence-corrected chi connectivity index (χ2v) is 9.10. The SMILES string of the molecule is COc1cccc(C(C)NC(=O)CN2Cc3ccc(-c4nc(NC(CO)CO)ncc4Cl)cc3C2=O)c1. The van der Waals surface area contributed by atoms with Crippen molar-refractivity contribution in [3.8, 4) is 17.0 Å². The predicted octanol–water partition coefficient (Wildman–Crippen LogP) is 2.40. The molecule has 194 valence electrons. The highest BCUT2D eigenvalue weighted by atomic mass is 35.5. The molecule has 1 aliphatic rings. The largest absolute Gasteiger partial charge is 0.497 e. The Kier molecular flexibility index (Phi) is 8.22. The number of nitrogens with one attached hydrogen (secondary N) is 2. The monoisotopic (exact) mass is 525 g/mol. The molecular weight excluding hydrogens is 498 g/mol. The maximum absolute atomic E-state index is 13.1. The molecule has 2 amide bonds. The van der Waals surface area contributed by atoms with Crippen LogP contribution in [0.25, 0.3) is 11.3 Å². The summed E-state index contributed by atoms with van der Waals surface area (Å²) < 4.78 is 5.24. The lowest BCUT2D eigenvalue weighted by molar-refractivity contribution is -0.122. The fraction of sp³-hybridized carbons (Fsp3) is 0.308. The first-order chi connectivity index (χ1) is 17.8. The van der Waals surface area contributed by atoms with Crippen molar-refractivity contribution in [2.24, 2.45) is 0 Å². The average molecular weight is 526 g/mol. The molecule has 37 heavy (non-hydrogen) atoms. The van der Waals surface area contributed by atoms with Gasteiger partial charge < -0.3 is 30.5 Å². The normalized spacial score (nSPS) is 13.5. The molecule has 0 saturated carbocycles. The van der Waals surface area contributed by atoms with Gasteiger partial charge in [-0.3, -0.25) is 9.59 Å². The molecule has 1 aliphatic heterocycles. The molecule has 0 saturated heterocycles. The predicted molar refractivity (Wildman–Crippen MR) is 138 cm³/mol. The number of carbonyl (C=O) groups excluding carboxylic acids is 2. The lowest BCUT2D eigenvalue weighted by Crippen LogP contribution is -2.38. The van der Waals surface area contributed by atoms with Crippen LogP contribution in [0.4, 0.5) is 5.95 Å². The number of benzene rings is 2. The highest BCUT2D eigenvalue weighted by Gasteiger charge is 2.30. The van der Waals surface area contributed by atoms with Gasteiger partial charge in [0, 0.05) is 17.7 Å². The van der Waals surface area contributed by atoms with Gasteiger partial charge in [-0.15, -0.1) is 0 Å². The number of nitrogens with zero attached hydrogens (tertiary/aromatic N) is 3. The Morgan fingerprint density at radius 3 is 2.73 bits per heavy atom. The van der Waals surface area contributed by atoms with Crippen molar-refractivity contribution in [2.45, 2.75) is 25.6 Å². The van der Waals surface area contributed by atoms with Crippen LogP contribution in [-0.2, 0) is 11.3 Å². The topological polar surface area (TPSA) is 137 Å². The number of aliphatic hydroxyl groups excluding tert-OH is 2. The van der Waals surface area contributed by atoms with E-state index < -0.39 is 6.04 Å². The molecule has 0 spiro atoms. The van der Waals surface area contributed by atoms with E-state index in [-0.39, 0.29) is 48.6 Å². The molecule has 1 unspecified atom stereocenters. The number of hydrogen-bond acceptors (Lipinski definition) is 8. The molecule has 2 heterocycles. The summed E-state index contributed by atoms with van der Waals surface area (Å²) in [7, 11) is 1.59. The molecule has 0 radical (unpaired) electrons. The van der Waals surface area contributed by atoms with Gasteiger partial charge in [0.1, 0.15) is 12.3 Å².